The van der Waals surface area contributed by atoms with Gasteiger partial charge in [-0.2, -0.15) is 0 Å². The fraction of sp³-hybridized carbons (Fsp3) is 0.500. The van der Waals surface area contributed by atoms with Crippen LogP contribution in [0.4, 0.5) is 5.69 Å². The number of rotatable bonds is 7. The molecule has 1 rings (SSSR count). The van der Waals surface area contributed by atoms with Crippen LogP contribution in [0.2, 0.25) is 0 Å². The van der Waals surface area contributed by atoms with Gasteiger partial charge in [-0.3, -0.25) is 10.1 Å². The largest absolute Gasteiger partial charge is 0.303 e. The summed E-state index contributed by atoms with van der Waals surface area (Å²) in [6.07, 6.45) is 0. The van der Waals surface area contributed by atoms with Gasteiger partial charge in [0.2, 0.25) is 0 Å². The van der Waals surface area contributed by atoms with Crippen molar-refractivity contribution in [2.24, 2.45) is 0 Å². The molecular weight excluding hydrogens is 316 g/mol. The van der Waals surface area contributed by atoms with E-state index in [1.54, 1.807) is 12.1 Å². The highest BCUT2D eigenvalue weighted by molar-refractivity contribution is 9.10. The van der Waals surface area contributed by atoms with Crippen LogP contribution in [0.25, 0.3) is 0 Å². The molecule has 0 amide bonds. The van der Waals surface area contributed by atoms with E-state index >= 15 is 0 Å². The number of hydrogen-bond donors (Lipinski definition) is 0. The molecule has 0 aromatic heterocycles. The first-order valence-corrected chi connectivity index (χ1v) is 7.65. The lowest BCUT2D eigenvalue weighted by atomic mass is 10.3. The van der Waals surface area contributed by atoms with Gasteiger partial charge in [0.15, 0.2) is 0 Å². The lowest BCUT2D eigenvalue weighted by Crippen LogP contribution is -2.25. The molecule has 0 atom stereocenters. The minimum Gasteiger partial charge on any atom is -0.303 e. The summed E-state index contributed by atoms with van der Waals surface area (Å²) in [6.45, 7) is 7.22. The zero-order valence-electron chi connectivity index (χ0n) is 10.6. The van der Waals surface area contributed by atoms with Crippen molar-refractivity contribution in [3.8, 4) is 0 Å². The first-order valence-electron chi connectivity index (χ1n) is 5.87. The first-order chi connectivity index (χ1) is 8.58. The summed E-state index contributed by atoms with van der Waals surface area (Å²) in [6, 6.07) is 5.20. The van der Waals surface area contributed by atoms with Gasteiger partial charge >= 0.3 is 0 Å². The number of nitro groups is 1. The molecule has 0 spiro atoms. The summed E-state index contributed by atoms with van der Waals surface area (Å²) >= 11 is 4.80. The van der Waals surface area contributed by atoms with Gasteiger partial charge in [0, 0.05) is 22.8 Å². The Morgan fingerprint density at radius 2 is 2.06 bits per heavy atom. The molecule has 6 heteroatoms. The maximum atomic E-state index is 10.9. The zero-order valence-corrected chi connectivity index (χ0v) is 13.0. The summed E-state index contributed by atoms with van der Waals surface area (Å²) in [5.41, 5.74) is 0.175. The van der Waals surface area contributed by atoms with Crippen LogP contribution < -0.4 is 0 Å². The Bertz CT molecular complexity index is 411. The highest BCUT2D eigenvalue weighted by Crippen LogP contribution is 2.31. The Labute approximate surface area is 120 Å². The van der Waals surface area contributed by atoms with E-state index < -0.39 is 0 Å². The Morgan fingerprint density at radius 1 is 1.39 bits per heavy atom. The fourth-order valence-corrected chi connectivity index (χ4v) is 2.94. The van der Waals surface area contributed by atoms with Crippen LogP contribution in [0.5, 0.6) is 0 Å². The van der Waals surface area contributed by atoms with Crippen LogP contribution in [-0.2, 0) is 0 Å². The third kappa shape index (κ3) is 4.59. The van der Waals surface area contributed by atoms with Gasteiger partial charge in [0.25, 0.3) is 5.69 Å². The van der Waals surface area contributed by atoms with Crippen LogP contribution in [0.15, 0.2) is 27.6 Å². The van der Waals surface area contributed by atoms with Crippen LogP contribution in [0.1, 0.15) is 13.8 Å². The number of thioether (sulfide) groups is 1. The second-order valence-corrected chi connectivity index (χ2v) is 5.80. The summed E-state index contributed by atoms with van der Waals surface area (Å²) in [7, 11) is 0. The van der Waals surface area contributed by atoms with Crippen LogP contribution in [0, 0.1) is 10.1 Å². The smallest absolute Gasteiger partial charge is 0.283 e. The number of hydrogen-bond acceptors (Lipinski definition) is 4. The average Bonchev–Trinajstić information content (AvgIpc) is 2.36. The third-order valence-electron chi connectivity index (χ3n) is 2.68. The Hall–Kier alpha value is -0.590. The lowest BCUT2D eigenvalue weighted by Gasteiger charge is -2.17. The van der Waals surface area contributed by atoms with Crippen molar-refractivity contribution < 1.29 is 4.92 Å². The molecule has 0 saturated carbocycles. The Morgan fingerprint density at radius 3 is 2.61 bits per heavy atom. The molecule has 0 N–H and O–H groups in total. The number of nitro benzene ring substituents is 1. The van der Waals surface area contributed by atoms with Crippen molar-refractivity contribution in [3.63, 3.8) is 0 Å². The molecule has 0 aliphatic rings. The number of benzene rings is 1. The van der Waals surface area contributed by atoms with Crippen LogP contribution in [-0.4, -0.2) is 35.2 Å². The predicted molar refractivity (Wildman–Crippen MR) is 79.3 cm³/mol. The van der Waals surface area contributed by atoms with Crippen molar-refractivity contribution >= 4 is 33.4 Å². The van der Waals surface area contributed by atoms with E-state index in [0.29, 0.717) is 0 Å². The van der Waals surface area contributed by atoms with E-state index in [9.17, 15) is 10.1 Å². The predicted octanol–water partition coefficient (Wildman–Crippen LogP) is 3.79. The van der Waals surface area contributed by atoms with Crippen molar-refractivity contribution in [2.75, 3.05) is 25.4 Å². The van der Waals surface area contributed by atoms with Crippen molar-refractivity contribution in [1.82, 2.24) is 4.90 Å². The average molecular weight is 333 g/mol. The summed E-state index contributed by atoms with van der Waals surface area (Å²) in [4.78, 5) is 13.7. The molecule has 0 radical (unpaired) electrons. The first kappa shape index (κ1) is 15.5. The molecule has 18 heavy (non-hydrogen) atoms. The van der Waals surface area contributed by atoms with E-state index in [4.69, 9.17) is 0 Å². The molecule has 0 aliphatic carbocycles. The van der Waals surface area contributed by atoms with Gasteiger partial charge in [-0.15, -0.1) is 11.8 Å². The molecule has 100 valence electrons. The summed E-state index contributed by atoms with van der Waals surface area (Å²) in [5.74, 6) is 0.865. The van der Waals surface area contributed by atoms with Gasteiger partial charge in [-0.25, -0.2) is 0 Å². The van der Waals surface area contributed by atoms with E-state index in [0.717, 1.165) is 34.8 Å². The molecular formula is C12H17BrN2O2S. The van der Waals surface area contributed by atoms with Gasteiger partial charge in [-0.05, 0) is 25.2 Å². The topological polar surface area (TPSA) is 46.4 Å². The van der Waals surface area contributed by atoms with Crippen molar-refractivity contribution in [1.29, 1.82) is 0 Å². The molecule has 1 aromatic carbocycles. The zero-order chi connectivity index (χ0) is 13.5. The van der Waals surface area contributed by atoms with E-state index in [2.05, 4.69) is 34.7 Å². The second-order valence-electron chi connectivity index (χ2n) is 3.74. The SMILES string of the molecule is CCN(CC)CCSc1ccc(Br)cc1[N+](=O)[O-]. The molecule has 0 bridgehead atoms. The van der Waals surface area contributed by atoms with Crippen LogP contribution >= 0.6 is 27.7 Å². The maximum Gasteiger partial charge on any atom is 0.283 e. The molecule has 0 saturated heterocycles. The highest BCUT2D eigenvalue weighted by Gasteiger charge is 2.14. The number of halogens is 1. The Balaban J connectivity index is 2.64. The minimum absolute atomic E-state index is 0.175. The summed E-state index contributed by atoms with van der Waals surface area (Å²) in [5, 5.41) is 10.9. The lowest BCUT2D eigenvalue weighted by molar-refractivity contribution is -0.387. The maximum absolute atomic E-state index is 10.9. The van der Waals surface area contributed by atoms with Gasteiger partial charge in [-0.1, -0.05) is 29.8 Å². The minimum atomic E-state index is -0.329. The fourth-order valence-electron chi connectivity index (χ4n) is 1.58. The van der Waals surface area contributed by atoms with Crippen molar-refractivity contribution in [3.05, 3.63) is 32.8 Å². The van der Waals surface area contributed by atoms with Crippen molar-refractivity contribution in [2.45, 2.75) is 18.7 Å². The third-order valence-corrected chi connectivity index (χ3v) is 4.21. The molecule has 0 heterocycles. The molecule has 1 aromatic rings. The van der Waals surface area contributed by atoms with E-state index in [-0.39, 0.29) is 10.6 Å². The number of nitrogens with zero attached hydrogens (tertiary/aromatic N) is 2. The normalized spacial score (nSPS) is 10.9. The van der Waals surface area contributed by atoms with E-state index in [1.807, 2.05) is 6.07 Å². The monoisotopic (exact) mass is 332 g/mol. The standard InChI is InChI=1S/C12H17BrN2O2S/c1-3-14(4-2)7-8-18-12-6-5-10(13)9-11(12)15(16)17/h5-6,9H,3-4,7-8H2,1-2H3. The van der Waals surface area contributed by atoms with Gasteiger partial charge in [0.1, 0.15) is 0 Å². The van der Waals surface area contributed by atoms with Gasteiger partial charge in [0.05, 0.1) is 9.82 Å². The summed E-state index contributed by atoms with van der Waals surface area (Å²) < 4.78 is 0.738. The Kier molecular flexibility index (Phi) is 6.67. The highest BCUT2D eigenvalue weighted by atomic mass is 79.9. The second kappa shape index (κ2) is 7.76. The molecule has 0 fully saturated rings. The molecule has 4 nitrogen and oxygen atoms in total. The van der Waals surface area contributed by atoms with Gasteiger partial charge < -0.3 is 4.90 Å². The quantitative estimate of drug-likeness (QED) is 0.433. The van der Waals surface area contributed by atoms with Crippen LogP contribution in [0.3, 0.4) is 0 Å². The molecule has 0 aliphatic heterocycles. The van der Waals surface area contributed by atoms with E-state index in [1.165, 1.54) is 11.8 Å². The molecule has 0 unspecified atom stereocenters.